The van der Waals surface area contributed by atoms with Crippen LogP contribution in [-0.2, 0) is 4.79 Å². The first-order valence-electron chi connectivity index (χ1n) is 8.52. The summed E-state index contributed by atoms with van der Waals surface area (Å²) in [6.07, 6.45) is 4.81. The van der Waals surface area contributed by atoms with Gasteiger partial charge >= 0.3 is 0 Å². The molecule has 0 atom stereocenters. The van der Waals surface area contributed by atoms with E-state index in [0.717, 1.165) is 44.1 Å². The van der Waals surface area contributed by atoms with Gasteiger partial charge in [-0.1, -0.05) is 0 Å². The number of rotatable bonds is 5. The maximum Gasteiger partial charge on any atom is 0.253 e. The van der Waals surface area contributed by atoms with E-state index in [4.69, 9.17) is 0 Å². The zero-order valence-corrected chi connectivity index (χ0v) is 13.7. The molecule has 1 aromatic carbocycles. The summed E-state index contributed by atoms with van der Waals surface area (Å²) in [5, 5.41) is 6.34. The van der Waals surface area contributed by atoms with Crippen molar-refractivity contribution in [2.75, 3.05) is 25.0 Å². The molecule has 0 unspecified atom stereocenters. The van der Waals surface area contributed by atoms with Crippen molar-refractivity contribution in [3.05, 3.63) is 29.8 Å². The summed E-state index contributed by atoms with van der Waals surface area (Å²) in [5.74, 6) is 0.877. The molecule has 2 N–H and O–H groups in total. The molecule has 5 nitrogen and oxygen atoms in total. The molecule has 3 rings (SSSR count). The molecule has 2 fully saturated rings. The first-order valence-corrected chi connectivity index (χ1v) is 8.52. The quantitative estimate of drug-likeness (QED) is 0.876. The lowest BCUT2D eigenvalue weighted by molar-refractivity contribution is -0.114. The average molecular weight is 315 g/mol. The molecule has 0 radical (unpaired) electrons. The number of piperidine rings is 1. The molecule has 1 saturated carbocycles. The van der Waals surface area contributed by atoms with Crippen molar-refractivity contribution in [2.45, 2.75) is 38.6 Å². The van der Waals surface area contributed by atoms with Gasteiger partial charge in [-0.3, -0.25) is 9.59 Å². The second-order valence-electron chi connectivity index (χ2n) is 6.68. The summed E-state index contributed by atoms with van der Waals surface area (Å²) in [7, 11) is 0. The third-order valence-corrected chi connectivity index (χ3v) is 4.63. The Morgan fingerprint density at radius 2 is 1.74 bits per heavy atom. The van der Waals surface area contributed by atoms with Crippen LogP contribution in [0, 0.1) is 5.92 Å². The predicted octanol–water partition coefficient (Wildman–Crippen LogP) is 2.25. The van der Waals surface area contributed by atoms with Crippen molar-refractivity contribution in [1.82, 2.24) is 10.2 Å². The van der Waals surface area contributed by atoms with Gasteiger partial charge in [0.15, 0.2) is 0 Å². The van der Waals surface area contributed by atoms with Crippen LogP contribution >= 0.6 is 0 Å². The highest BCUT2D eigenvalue weighted by molar-refractivity contribution is 5.95. The first-order chi connectivity index (χ1) is 11.1. The highest BCUT2D eigenvalue weighted by Crippen LogP contribution is 2.28. The van der Waals surface area contributed by atoms with Gasteiger partial charge in [-0.2, -0.15) is 0 Å². The second kappa shape index (κ2) is 7.13. The van der Waals surface area contributed by atoms with Gasteiger partial charge in [-0.15, -0.1) is 0 Å². The van der Waals surface area contributed by atoms with Gasteiger partial charge in [0, 0.05) is 37.3 Å². The number of carbonyl (C=O) groups excluding carboxylic acids is 2. The van der Waals surface area contributed by atoms with Crippen LogP contribution in [0.1, 0.15) is 43.0 Å². The van der Waals surface area contributed by atoms with Gasteiger partial charge in [0.25, 0.3) is 5.91 Å². The molecule has 1 aromatic rings. The van der Waals surface area contributed by atoms with Crippen LogP contribution in [0.5, 0.6) is 0 Å². The third-order valence-electron chi connectivity index (χ3n) is 4.63. The molecule has 1 saturated heterocycles. The molecule has 2 amide bonds. The maximum atomic E-state index is 12.5. The summed E-state index contributed by atoms with van der Waals surface area (Å²) < 4.78 is 0. The highest BCUT2D eigenvalue weighted by atomic mass is 16.2. The van der Waals surface area contributed by atoms with E-state index in [2.05, 4.69) is 10.6 Å². The van der Waals surface area contributed by atoms with Gasteiger partial charge in [0.05, 0.1) is 0 Å². The van der Waals surface area contributed by atoms with E-state index in [0.29, 0.717) is 11.6 Å². The topological polar surface area (TPSA) is 61.4 Å². The Labute approximate surface area is 137 Å². The number of nitrogens with zero attached hydrogens (tertiary/aromatic N) is 1. The molecule has 0 bridgehead atoms. The van der Waals surface area contributed by atoms with E-state index in [1.54, 1.807) is 24.3 Å². The number of nitrogens with one attached hydrogen (secondary N) is 2. The number of anilines is 1. The van der Waals surface area contributed by atoms with Gasteiger partial charge in [0.1, 0.15) is 0 Å². The normalized spacial score (nSPS) is 18.7. The Bertz CT molecular complexity index is 558. The van der Waals surface area contributed by atoms with E-state index in [-0.39, 0.29) is 11.8 Å². The monoisotopic (exact) mass is 315 g/mol. The summed E-state index contributed by atoms with van der Waals surface area (Å²) in [6, 6.07) is 7.68. The minimum Gasteiger partial charge on any atom is -0.339 e. The standard InChI is InChI=1S/C18H25N3O2/c1-13(22)20-17-6-4-15(5-7-17)18(23)21-10-8-16(9-11-21)19-12-14-2-3-14/h4-7,14,16,19H,2-3,8-12H2,1H3,(H,20,22). The minimum absolute atomic E-state index is 0.0833. The second-order valence-corrected chi connectivity index (χ2v) is 6.68. The van der Waals surface area contributed by atoms with Crippen molar-refractivity contribution < 1.29 is 9.59 Å². The lowest BCUT2D eigenvalue weighted by Crippen LogP contribution is -2.45. The van der Waals surface area contributed by atoms with Gasteiger partial charge in [-0.25, -0.2) is 0 Å². The van der Waals surface area contributed by atoms with E-state index in [9.17, 15) is 9.59 Å². The Balaban J connectivity index is 1.49. The number of benzene rings is 1. The third kappa shape index (κ3) is 4.55. The largest absolute Gasteiger partial charge is 0.339 e. The van der Waals surface area contributed by atoms with Crippen LogP contribution in [0.2, 0.25) is 0 Å². The molecule has 2 aliphatic rings. The van der Waals surface area contributed by atoms with E-state index < -0.39 is 0 Å². The van der Waals surface area contributed by atoms with Crippen LogP contribution in [0.3, 0.4) is 0 Å². The van der Waals surface area contributed by atoms with E-state index in [1.807, 2.05) is 4.90 Å². The maximum absolute atomic E-state index is 12.5. The number of likely N-dealkylation sites (tertiary alicyclic amines) is 1. The predicted molar refractivity (Wildman–Crippen MR) is 90.4 cm³/mol. The Hall–Kier alpha value is -1.88. The van der Waals surface area contributed by atoms with Gasteiger partial charge in [0.2, 0.25) is 5.91 Å². The fourth-order valence-corrected chi connectivity index (χ4v) is 3.02. The van der Waals surface area contributed by atoms with Crippen molar-refractivity contribution in [3.8, 4) is 0 Å². The molecule has 0 aromatic heterocycles. The molecule has 5 heteroatoms. The Morgan fingerprint density at radius 1 is 1.09 bits per heavy atom. The van der Waals surface area contributed by atoms with Crippen molar-refractivity contribution >= 4 is 17.5 Å². The van der Waals surface area contributed by atoms with Crippen molar-refractivity contribution in [3.63, 3.8) is 0 Å². The first kappa shape index (κ1) is 16.0. The molecule has 124 valence electrons. The van der Waals surface area contributed by atoms with E-state index in [1.165, 1.54) is 19.8 Å². The van der Waals surface area contributed by atoms with Crippen molar-refractivity contribution in [2.24, 2.45) is 5.92 Å². The smallest absolute Gasteiger partial charge is 0.253 e. The fraction of sp³-hybridized carbons (Fsp3) is 0.556. The lowest BCUT2D eigenvalue weighted by atomic mass is 10.0. The van der Waals surface area contributed by atoms with Gasteiger partial charge < -0.3 is 15.5 Å². The number of hydrogen-bond donors (Lipinski definition) is 2. The summed E-state index contributed by atoms with van der Waals surface area (Å²) in [5.41, 5.74) is 1.40. The van der Waals surface area contributed by atoms with E-state index >= 15 is 0 Å². The molecular formula is C18H25N3O2. The highest BCUT2D eigenvalue weighted by Gasteiger charge is 2.26. The van der Waals surface area contributed by atoms with Crippen LogP contribution in [-0.4, -0.2) is 42.4 Å². The van der Waals surface area contributed by atoms with Crippen LogP contribution in [0.25, 0.3) is 0 Å². The summed E-state index contributed by atoms with van der Waals surface area (Å²) in [6.45, 7) is 4.24. The zero-order chi connectivity index (χ0) is 16.2. The molecule has 1 aliphatic carbocycles. The molecule has 0 spiro atoms. The van der Waals surface area contributed by atoms with Gasteiger partial charge in [-0.05, 0) is 62.4 Å². The average Bonchev–Trinajstić information content (AvgIpc) is 3.37. The Morgan fingerprint density at radius 3 is 2.30 bits per heavy atom. The van der Waals surface area contributed by atoms with Crippen molar-refractivity contribution in [1.29, 1.82) is 0 Å². The number of hydrogen-bond acceptors (Lipinski definition) is 3. The number of carbonyl (C=O) groups is 2. The zero-order valence-electron chi connectivity index (χ0n) is 13.7. The summed E-state index contributed by atoms with van der Waals surface area (Å²) >= 11 is 0. The molecule has 1 aliphatic heterocycles. The lowest BCUT2D eigenvalue weighted by Gasteiger charge is -2.32. The fourth-order valence-electron chi connectivity index (χ4n) is 3.02. The number of amides is 2. The molecular weight excluding hydrogens is 290 g/mol. The SMILES string of the molecule is CC(=O)Nc1ccc(C(=O)N2CCC(NCC3CC3)CC2)cc1. The van der Waals surface area contributed by atoms with Crippen LogP contribution in [0.4, 0.5) is 5.69 Å². The minimum atomic E-state index is -0.107. The summed E-state index contributed by atoms with van der Waals surface area (Å²) in [4.78, 5) is 25.5. The van der Waals surface area contributed by atoms with Crippen LogP contribution in [0.15, 0.2) is 24.3 Å². The molecule has 23 heavy (non-hydrogen) atoms. The molecule has 1 heterocycles. The van der Waals surface area contributed by atoms with Crippen LogP contribution < -0.4 is 10.6 Å². The Kier molecular flexibility index (Phi) is 4.96.